The number of nitrogens with one attached hydrogen (secondary N) is 1. The molecule has 0 unspecified atom stereocenters. The quantitative estimate of drug-likeness (QED) is 0.430. The van der Waals surface area contributed by atoms with Gasteiger partial charge in [-0.05, 0) is 57.0 Å². The van der Waals surface area contributed by atoms with E-state index in [0.717, 1.165) is 21.9 Å². The van der Waals surface area contributed by atoms with Crippen LogP contribution in [0.3, 0.4) is 0 Å². The number of fused-ring (bicyclic) bond motifs is 1. The topological polar surface area (TPSA) is 89.9 Å². The number of Topliss-reactive ketones (excluding diaryl/α,β-unsaturated/α-hetero) is 1. The second kappa shape index (κ2) is 8.30. The zero-order chi connectivity index (χ0) is 24.9. The molecule has 3 amide bonds. The predicted molar refractivity (Wildman–Crippen MR) is 129 cm³/mol. The zero-order valence-electron chi connectivity index (χ0n) is 20.1. The predicted octanol–water partition coefficient (Wildman–Crippen LogP) is 4.09. The van der Waals surface area contributed by atoms with Crippen molar-refractivity contribution >= 4 is 17.7 Å². The molecule has 2 aromatic carbocycles. The van der Waals surface area contributed by atoms with Crippen molar-refractivity contribution in [2.24, 2.45) is 0 Å². The fraction of sp³-hybridized carbons (Fsp3) is 0.296. The molecule has 1 saturated heterocycles. The molecule has 0 radical (unpaired) electrons. The molecule has 2 aliphatic rings. The Bertz CT molecular complexity index is 1350. The van der Waals surface area contributed by atoms with E-state index in [2.05, 4.69) is 28.9 Å². The van der Waals surface area contributed by atoms with Crippen molar-refractivity contribution in [3.05, 3.63) is 82.7 Å². The number of aryl methyl sites for hydroxylation is 1. The third-order valence-corrected chi connectivity index (χ3v) is 6.98. The number of ketones is 1. The number of nitrogens with zero attached hydrogens (tertiary/aromatic N) is 2. The summed E-state index contributed by atoms with van der Waals surface area (Å²) >= 11 is 0. The minimum atomic E-state index is -1.31. The van der Waals surface area contributed by atoms with Crippen LogP contribution in [0.15, 0.2) is 54.6 Å². The van der Waals surface area contributed by atoms with E-state index in [4.69, 9.17) is 9.47 Å². The molecule has 1 fully saturated rings. The maximum absolute atomic E-state index is 13.4. The Balaban J connectivity index is 1.39. The van der Waals surface area contributed by atoms with Crippen molar-refractivity contribution in [1.82, 2.24) is 14.8 Å². The lowest BCUT2D eigenvalue weighted by molar-refractivity contribution is -0.130. The van der Waals surface area contributed by atoms with Crippen molar-refractivity contribution in [3.63, 3.8) is 0 Å². The molecular weight excluding hydrogens is 446 g/mol. The average Bonchev–Trinajstić information content (AvgIpc) is 3.50. The SMILES string of the molecule is Cc1cc(C(=O)CN2C(=O)N[C@](C)(c3ccc4c(c3)OCO4)C2=O)c(C)n1[C@H](C)c1ccccc1. The number of aromatic nitrogens is 1. The van der Waals surface area contributed by atoms with Gasteiger partial charge < -0.3 is 19.4 Å². The number of urea groups is 1. The first-order valence-electron chi connectivity index (χ1n) is 11.5. The lowest BCUT2D eigenvalue weighted by Gasteiger charge is -2.22. The van der Waals surface area contributed by atoms with Crippen LogP contribution in [0.1, 0.15) is 52.8 Å². The molecule has 0 aliphatic carbocycles. The summed E-state index contributed by atoms with van der Waals surface area (Å²) in [6, 6.07) is 16.4. The fourth-order valence-corrected chi connectivity index (χ4v) is 5.01. The highest BCUT2D eigenvalue weighted by atomic mass is 16.7. The van der Waals surface area contributed by atoms with Gasteiger partial charge in [0, 0.05) is 17.0 Å². The van der Waals surface area contributed by atoms with Crippen LogP contribution in [-0.4, -0.2) is 40.5 Å². The molecule has 0 spiro atoms. The lowest BCUT2D eigenvalue weighted by Crippen LogP contribution is -2.41. The van der Waals surface area contributed by atoms with Gasteiger partial charge in [-0.1, -0.05) is 36.4 Å². The zero-order valence-corrected chi connectivity index (χ0v) is 20.1. The van der Waals surface area contributed by atoms with Crippen LogP contribution >= 0.6 is 0 Å². The Morgan fingerprint density at radius 3 is 2.51 bits per heavy atom. The molecule has 35 heavy (non-hydrogen) atoms. The summed E-state index contributed by atoms with van der Waals surface area (Å²) < 4.78 is 12.9. The second-order valence-corrected chi connectivity index (χ2v) is 9.18. The van der Waals surface area contributed by atoms with Crippen LogP contribution in [0.5, 0.6) is 11.5 Å². The number of benzene rings is 2. The molecule has 5 rings (SSSR count). The largest absolute Gasteiger partial charge is 0.454 e. The van der Waals surface area contributed by atoms with E-state index >= 15 is 0 Å². The summed E-state index contributed by atoms with van der Waals surface area (Å²) in [6.45, 7) is 7.32. The van der Waals surface area contributed by atoms with Gasteiger partial charge in [0.15, 0.2) is 17.3 Å². The summed E-state index contributed by atoms with van der Waals surface area (Å²) in [5, 5.41) is 2.75. The number of imide groups is 1. The summed E-state index contributed by atoms with van der Waals surface area (Å²) in [4.78, 5) is 40.5. The second-order valence-electron chi connectivity index (χ2n) is 9.18. The number of hydrogen-bond acceptors (Lipinski definition) is 5. The summed E-state index contributed by atoms with van der Waals surface area (Å²) in [7, 11) is 0. The van der Waals surface area contributed by atoms with E-state index in [1.807, 2.05) is 38.1 Å². The van der Waals surface area contributed by atoms with Crippen LogP contribution in [-0.2, 0) is 10.3 Å². The summed E-state index contributed by atoms with van der Waals surface area (Å²) in [5.74, 6) is 0.325. The highest BCUT2D eigenvalue weighted by Gasteiger charge is 2.50. The van der Waals surface area contributed by atoms with E-state index in [0.29, 0.717) is 22.6 Å². The van der Waals surface area contributed by atoms with Gasteiger partial charge in [0.05, 0.1) is 12.6 Å². The van der Waals surface area contributed by atoms with Crippen molar-refractivity contribution in [2.75, 3.05) is 13.3 Å². The molecular formula is C27H27N3O5. The number of hydrogen-bond donors (Lipinski definition) is 1. The van der Waals surface area contributed by atoms with Crippen molar-refractivity contribution in [1.29, 1.82) is 0 Å². The molecule has 180 valence electrons. The van der Waals surface area contributed by atoms with Gasteiger partial charge in [-0.2, -0.15) is 0 Å². The van der Waals surface area contributed by atoms with E-state index in [9.17, 15) is 14.4 Å². The highest BCUT2D eigenvalue weighted by Crippen LogP contribution is 2.38. The monoisotopic (exact) mass is 473 g/mol. The maximum atomic E-state index is 13.4. The Morgan fingerprint density at radius 1 is 1.06 bits per heavy atom. The normalized spacial score (nSPS) is 19.7. The van der Waals surface area contributed by atoms with Crippen LogP contribution < -0.4 is 14.8 Å². The standard InChI is InChI=1S/C27H27N3O5/c1-16-12-21(18(3)30(16)17(2)19-8-6-5-7-9-19)22(31)14-29-25(32)27(4,28-26(29)33)20-10-11-23-24(13-20)35-15-34-23/h5-13,17H,14-15H2,1-4H3,(H,28,33)/t17-,27-/m1/s1. The molecule has 0 saturated carbocycles. The highest BCUT2D eigenvalue weighted by molar-refractivity contribution is 6.11. The maximum Gasteiger partial charge on any atom is 0.325 e. The minimum Gasteiger partial charge on any atom is -0.454 e. The van der Waals surface area contributed by atoms with Gasteiger partial charge in [0.1, 0.15) is 5.54 Å². The fourth-order valence-electron chi connectivity index (χ4n) is 5.01. The first-order chi connectivity index (χ1) is 16.7. The number of amides is 3. The number of carbonyl (C=O) groups is 3. The molecule has 3 heterocycles. The smallest absolute Gasteiger partial charge is 0.325 e. The van der Waals surface area contributed by atoms with Crippen molar-refractivity contribution < 1.29 is 23.9 Å². The molecule has 3 aromatic rings. The van der Waals surface area contributed by atoms with E-state index < -0.39 is 17.5 Å². The van der Waals surface area contributed by atoms with Crippen molar-refractivity contribution in [2.45, 2.75) is 39.3 Å². The third kappa shape index (κ3) is 3.65. The molecule has 8 nitrogen and oxygen atoms in total. The Kier molecular flexibility index (Phi) is 5.39. The average molecular weight is 474 g/mol. The van der Waals surface area contributed by atoms with Gasteiger partial charge >= 0.3 is 6.03 Å². The minimum absolute atomic E-state index is 0.0313. The van der Waals surface area contributed by atoms with Gasteiger partial charge in [0.25, 0.3) is 5.91 Å². The van der Waals surface area contributed by atoms with Gasteiger partial charge in [-0.15, -0.1) is 0 Å². The Hall–Kier alpha value is -4.07. The third-order valence-electron chi connectivity index (χ3n) is 6.98. The molecule has 2 aliphatic heterocycles. The van der Waals surface area contributed by atoms with Crippen LogP contribution in [0.25, 0.3) is 0 Å². The number of ether oxygens (including phenoxy) is 2. The molecule has 8 heteroatoms. The van der Waals surface area contributed by atoms with Gasteiger partial charge in [-0.25, -0.2) is 4.79 Å². The molecule has 0 bridgehead atoms. The van der Waals surface area contributed by atoms with Crippen molar-refractivity contribution in [3.8, 4) is 11.5 Å². The Morgan fingerprint density at radius 2 is 1.77 bits per heavy atom. The Labute approximate surface area is 203 Å². The molecule has 2 atom stereocenters. The number of carbonyl (C=O) groups excluding carboxylic acids is 3. The van der Waals surface area contributed by atoms with Crippen LogP contribution in [0.2, 0.25) is 0 Å². The van der Waals surface area contributed by atoms with E-state index in [1.54, 1.807) is 25.1 Å². The first kappa shape index (κ1) is 22.7. The molecule has 1 aromatic heterocycles. The van der Waals surface area contributed by atoms with Crippen LogP contribution in [0, 0.1) is 13.8 Å². The number of rotatable bonds is 6. The van der Waals surface area contributed by atoms with Gasteiger partial charge in [0.2, 0.25) is 6.79 Å². The summed E-state index contributed by atoms with van der Waals surface area (Å²) in [6.07, 6.45) is 0. The van der Waals surface area contributed by atoms with E-state index in [-0.39, 0.29) is 25.2 Å². The van der Waals surface area contributed by atoms with E-state index in [1.165, 1.54) is 0 Å². The lowest BCUT2D eigenvalue weighted by atomic mass is 9.91. The first-order valence-corrected chi connectivity index (χ1v) is 11.5. The summed E-state index contributed by atoms with van der Waals surface area (Å²) in [5.41, 5.74) is 2.62. The van der Waals surface area contributed by atoms with Crippen LogP contribution in [0.4, 0.5) is 4.79 Å². The molecule has 1 N–H and O–H groups in total. The van der Waals surface area contributed by atoms with Gasteiger partial charge in [-0.3, -0.25) is 14.5 Å².